The minimum Gasteiger partial charge on any atom is -0.372 e. The number of hydrogen-bond donors (Lipinski definition) is 3. The van der Waals surface area contributed by atoms with Crippen molar-refractivity contribution < 1.29 is 0 Å². The molecule has 3 heteroatoms. The van der Waals surface area contributed by atoms with E-state index in [1.54, 1.807) is 0 Å². The van der Waals surface area contributed by atoms with Crippen molar-refractivity contribution >= 4 is 0 Å². The van der Waals surface area contributed by atoms with Crippen LogP contribution in [0.25, 0.3) is 0 Å². The first kappa shape index (κ1) is 22.5. The molecule has 3 aromatic carbocycles. The van der Waals surface area contributed by atoms with Gasteiger partial charge in [0.25, 0.3) is 0 Å². The molecule has 1 heterocycles. The van der Waals surface area contributed by atoms with Gasteiger partial charge >= 0.3 is 0 Å². The first-order valence-corrected chi connectivity index (χ1v) is 11.0. The van der Waals surface area contributed by atoms with Crippen LogP contribution in [0.3, 0.4) is 0 Å². The van der Waals surface area contributed by atoms with Crippen LogP contribution in [0.15, 0.2) is 114 Å². The molecule has 0 aromatic heterocycles. The summed E-state index contributed by atoms with van der Waals surface area (Å²) in [5.41, 5.74) is 11.5. The van der Waals surface area contributed by atoms with Gasteiger partial charge in [0.1, 0.15) is 6.17 Å². The van der Waals surface area contributed by atoms with E-state index in [9.17, 15) is 0 Å². The van der Waals surface area contributed by atoms with E-state index in [0.717, 1.165) is 0 Å². The Morgan fingerprint density at radius 3 is 1.58 bits per heavy atom. The average Bonchev–Trinajstić information content (AvgIpc) is 2.85. The zero-order chi connectivity index (χ0) is 22.1. The second-order valence-electron chi connectivity index (χ2n) is 7.34. The molecule has 1 aliphatic rings. The summed E-state index contributed by atoms with van der Waals surface area (Å²) < 4.78 is 0. The van der Waals surface area contributed by atoms with Crippen LogP contribution in [0, 0.1) is 0 Å². The van der Waals surface area contributed by atoms with Gasteiger partial charge in [-0.3, -0.25) is 5.32 Å². The summed E-state index contributed by atoms with van der Waals surface area (Å²) in [6.45, 7) is 6.61. The topological polar surface area (TPSA) is 50.1 Å². The summed E-state index contributed by atoms with van der Waals surface area (Å²) in [5.74, 6) is 0. The Kier molecular flexibility index (Phi) is 7.82. The molecular weight excluding hydrogens is 378 g/mol. The number of nitrogens with two attached hydrogens (primary N) is 1. The Hall–Kier alpha value is -3.14. The lowest BCUT2D eigenvalue weighted by atomic mass is 9.76. The third-order valence-electron chi connectivity index (χ3n) is 5.65. The van der Waals surface area contributed by atoms with Gasteiger partial charge in [-0.15, -0.1) is 0 Å². The highest BCUT2D eigenvalue weighted by molar-refractivity contribution is 5.50. The summed E-state index contributed by atoms with van der Waals surface area (Å²) in [6, 6.07) is 31.8. The van der Waals surface area contributed by atoms with E-state index < -0.39 is 5.54 Å². The second-order valence-corrected chi connectivity index (χ2v) is 7.34. The molecular formula is C28H33N3. The molecule has 0 aliphatic carbocycles. The minimum atomic E-state index is -0.534. The monoisotopic (exact) mass is 411 g/mol. The van der Waals surface area contributed by atoms with Gasteiger partial charge in [0.05, 0.1) is 5.54 Å². The van der Waals surface area contributed by atoms with Crippen molar-refractivity contribution in [1.82, 2.24) is 10.6 Å². The van der Waals surface area contributed by atoms with Gasteiger partial charge in [0, 0.05) is 6.54 Å². The van der Waals surface area contributed by atoms with Crippen molar-refractivity contribution in [3.63, 3.8) is 0 Å². The fourth-order valence-corrected chi connectivity index (χ4v) is 4.14. The number of nitrogens with one attached hydrogen (secondary N) is 2. The summed E-state index contributed by atoms with van der Waals surface area (Å²) >= 11 is 0. The maximum Gasteiger partial charge on any atom is 0.102 e. The van der Waals surface area contributed by atoms with Crippen molar-refractivity contribution in [1.29, 1.82) is 0 Å². The van der Waals surface area contributed by atoms with Crippen molar-refractivity contribution in [3.8, 4) is 0 Å². The lowest BCUT2D eigenvalue weighted by molar-refractivity contribution is 0.391. The van der Waals surface area contributed by atoms with Gasteiger partial charge in [-0.2, -0.15) is 0 Å². The number of benzene rings is 3. The molecule has 3 aromatic rings. The van der Waals surface area contributed by atoms with Crippen LogP contribution < -0.4 is 16.4 Å². The van der Waals surface area contributed by atoms with Gasteiger partial charge in [-0.25, -0.2) is 0 Å². The van der Waals surface area contributed by atoms with Crippen molar-refractivity contribution in [2.24, 2.45) is 5.73 Å². The van der Waals surface area contributed by atoms with Gasteiger partial charge in [-0.1, -0.05) is 105 Å². The molecule has 160 valence electrons. The van der Waals surface area contributed by atoms with E-state index >= 15 is 0 Å². The summed E-state index contributed by atoms with van der Waals surface area (Å²) in [5, 5.41) is 7.44. The Balaban J connectivity index is 0.00000132. The van der Waals surface area contributed by atoms with Crippen LogP contribution in [0.2, 0.25) is 0 Å². The van der Waals surface area contributed by atoms with Crippen molar-refractivity contribution in [2.45, 2.75) is 32.5 Å². The molecule has 0 amide bonds. The van der Waals surface area contributed by atoms with Gasteiger partial charge in [0.2, 0.25) is 0 Å². The van der Waals surface area contributed by atoms with E-state index in [0.29, 0.717) is 6.54 Å². The van der Waals surface area contributed by atoms with E-state index in [1.165, 1.54) is 27.8 Å². The molecule has 4 N–H and O–H groups in total. The fourth-order valence-electron chi connectivity index (χ4n) is 4.14. The predicted octanol–water partition coefficient (Wildman–Crippen LogP) is 5.31. The highest BCUT2D eigenvalue weighted by Gasteiger charge is 2.39. The highest BCUT2D eigenvalue weighted by atomic mass is 15.2. The number of rotatable bonds is 6. The predicted molar refractivity (Wildman–Crippen MR) is 132 cm³/mol. The molecule has 31 heavy (non-hydrogen) atoms. The first-order valence-electron chi connectivity index (χ1n) is 11.0. The Bertz CT molecular complexity index is 896. The largest absolute Gasteiger partial charge is 0.372 e. The Morgan fingerprint density at radius 1 is 0.774 bits per heavy atom. The summed E-state index contributed by atoms with van der Waals surface area (Å²) in [7, 11) is 0. The highest BCUT2D eigenvalue weighted by Crippen LogP contribution is 2.37. The standard InChI is InChI=1S/C26H27N3.C2H6/c1-20-17-18-28-25(24(20)19-27)29-26(21-11-5-2-6-12-21,22-13-7-3-8-14-22)23-15-9-4-10-16-23;1-2/h2-18,25,28-29H,19,27H2,1H3;1-2H3. The first-order chi connectivity index (χ1) is 15.3. The minimum absolute atomic E-state index is 0.0781. The van der Waals surface area contributed by atoms with Crippen LogP contribution in [-0.2, 0) is 5.54 Å². The SMILES string of the molecule is CC.CC1=C(CN)C(NC(c2ccccc2)(c2ccccc2)c2ccccc2)NC=C1. The summed E-state index contributed by atoms with van der Waals surface area (Å²) in [6.07, 6.45) is 4.00. The van der Waals surface area contributed by atoms with Crippen molar-refractivity contribution in [3.05, 3.63) is 131 Å². The lowest BCUT2D eigenvalue weighted by Gasteiger charge is -2.41. The maximum absolute atomic E-state index is 6.15. The van der Waals surface area contributed by atoms with Crippen LogP contribution in [0.5, 0.6) is 0 Å². The maximum atomic E-state index is 6.15. The second kappa shape index (κ2) is 10.8. The van der Waals surface area contributed by atoms with Gasteiger partial charge < -0.3 is 11.1 Å². The Labute approximate surface area is 186 Å². The average molecular weight is 412 g/mol. The number of dihydropyridines is 1. The molecule has 1 atom stereocenters. The normalized spacial score (nSPS) is 15.7. The molecule has 1 aliphatic heterocycles. The van der Waals surface area contributed by atoms with Gasteiger partial charge in [-0.05, 0) is 47.0 Å². The molecule has 0 bridgehead atoms. The molecule has 0 spiro atoms. The molecule has 4 rings (SSSR count). The third-order valence-corrected chi connectivity index (χ3v) is 5.65. The molecule has 0 radical (unpaired) electrons. The van der Waals surface area contributed by atoms with Crippen molar-refractivity contribution in [2.75, 3.05) is 6.54 Å². The third kappa shape index (κ3) is 4.63. The lowest BCUT2D eigenvalue weighted by Crippen LogP contribution is -2.56. The zero-order valence-electron chi connectivity index (χ0n) is 18.7. The summed E-state index contributed by atoms with van der Waals surface area (Å²) in [4.78, 5) is 0. The Morgan fingerprint density at radius 2 is 1.19 bits per heavy atom. The molecule has 0 saturated heterocycles. The van der Waals surface area contributed by atoms with Crippen LogP contribution in [-0.4, -0.2) is 12.7 Å². The van der Waals surface area contributed by atoms with E-state index in [-0.39, 0.29) is 6.17 Å². The smallest absolute Gasteiger partial charge is 0.102 e. The fraction of sp³-hybridized carbons (Fsp3) is 0.214. The molecule has 3 nitrogen and oxygen atoms in total. The van der Waals surface area contributed by atoms with Crippen LogP contribution >= 0.6 is 0 Å². The molecule has 1 unspecified atom stereocenters. The quantitative estimate of drug-likeness (QED) is 0.482. The van der Waals surface area contributed by atoms with Crippen LogP contribution in [0.4, 0.5) is 0 Å². The van der Waals surface area contributed by atoms with E-state index in [2.05, 4.69) is 115 Å². The molecule has 0 fully saturated rings. The zero-order valence-corrected chi connectivity index (χ0v) is 18.7. The van der Waals surface area contributed by atoms with Crippen LogP contribution in [0.1, 0.15) is 37.5 Å². The number of allylic oxidation sites excluding steroid dienone is 2. The van der Waals surface area contributed by atoms with E-state index in [1.807, 2.05) is 20.0 Å². The number of hydrogen-bond acceptors (Lipinski definition) is 3. The van der Waals surface area contributed by atoms with E-state index in [4.69, 9.17) is 5.73 Å². The van der Waals surface area contributed by atoms with Gasteiger partial charge in [0.15, 0.2) is 0 Å². The molecule has 0 saturated carbocycles.